The third-order valence-electron chi connectivity index (χ3n) is 3.35. The van der Waals surface area contributed by atoms with Crippen LogP contribution in [0.5, 0.6) is 0 Å². The molecular formula is C15H18ClNO6S. The van der Waals surface area contributed by atoms with Crippen molar-refractivity contribution in [2.45, 2.75) is 32.4 Å². The Morgan fingerprint density at radius 1 is 1.42 bits per heavy atom. The predicted octanol–water partition coefficient (Wildman–Crippen LogP) is 3.37. The van der Waals surface area contributed by atoms with E-state index in [1.54, 1.807) is 13.8 Å². The minimum atomic E-state index is -3.93. The standard InChI is InChI=1S/C15H18ClNO6S/c1-4-10(3)24(21,22)14(15(18)23-5-2)9-11-6-7-12(16)13(8-11)17(19)20/h6-10H,4-5H2,1-3H3/b14-9+/t10-/m1/s1. The van der Waals surface area contributed by atoms with Gasteiger partial charge in [-0.15, -0.1) is 0 Å². The van der Waals surface area contributed by atoms with Crippen molar-refractivity contribution in [3.8, 4) is 0 Å². The maximum atomic E-state index is 12.5. The number of halogens is 1. The molecule has 1 atom stereocenters. The maximum absolute atomic E-state index is 12.5. The lowest BCUT2D eigenvalue weighted by Gasteiger charge is -2.13. The normalized spacial score (nSPS) is 13.4. The molecule has 1 aromatic rings. The second-order valence-corrected chi connectivity index (χ2v) is 7.70. The van der Waals surface area contributed by atoms with Crippen LogP contribution in [0.25, 0.3) is 6.08 Å². The van der Waals surface area contributed by atoms with E-state index < -0.39 is 30.9 Å². The van der Waals surface area contributed by atoms with Crippen LogP contribution in [-0.4, -0.2) is 31.2 Å². The summed E-state index contributed by atoms with van der Waals surface area (Å²) in [4.78, 5) is 21.8. The molecule has 0 amide bonds. The van der Waals surface area contributed by atoms with Crippen molar-refractivity contribution in [2.75, 3.05) is 6.61 Å². The molecule has 0 bridgehead atoms. The van der Waals surface area contributed by atoms with E-state index in [-0.39, 0.29) is 22.9 Å². The van der Waals surface area contributed by atoms with Crippen LogP contribution in [0.1, 0.15) is 32.8 Å². The zero-order valence-corrected chi connectivity index (χ0v) is 15.1. The number of benzene rings is 1. The van der Waals surface area contributed by atoms with Gasteiger partial charge in [0, 0.05) is 6.07 Å². The Bertz CT molecular complexity index is 772. The monoisotopic (exact) mass is 375 g/mol. The Morgan fingerprint density at radius 3 is 2.54 bits per heavy atom. The van der Waals surface area contributed by atoms with Gasteiger partial charge in [0.1, 0.15) is 5.02 Å². The summed E-state index contributed by atoms with van der Waals surface area (Å²) in [6.07, 6.45) is 1.38. The van der Waals surface area contributed by atoms with Crippen molar-refractivity contribution in [3.63, 3.8) is 0 Å². The second-order valence-electron chi connectivity index (χ2n) is 4.96. The fourth-order valence-corrected chi connectivity index (χ4v) is 3.46. The maximum Gasteiger partial charge on any atom is 0.349 e. The summed E-state index contributed by atoms with van der Waals surface area (Å²) < 4.78 is 29.9. The van der Waals surface area contributed by atoms with Crippen LogP contribution in [0.3, 0.4) is 0 Å². The molecule has 9 heteroatoms. The van der Waals surface area contributed by atoms with E-state index in [4.69, 9.17) is 16.3 Å². The van der Waals surface area contributed by atoms with Crippen LogP contribution in [0.15, 0.2) is 23.1 Å². The van der Waals surface area contributed by atoms with E-state index in [2.05, 4.69) is 0 Å². The van der Waals surface area contributed by atoms with Crippen molar-refractivity contribution < 1.29 is 22.9 Å². The van der Waals surface area contributed by atoms with Gasteiger partial charge in [-0.25, -0.2) is 13.2 Å². The first kappa shape index (κ1) is 20.1. The summed E-state index contributed by atoms with van der Waals surface area (Å²) in [7, 11) is -3.93. The van der Waals surface area contributed by atoms with E-state index in [1.807, 2.05) is 0 Å². The zero-order valence-electron chi connectivity index (χ0n) is 13.5. The minimum absolute atomic E-state index is 0.00691. The summed E-state index contributed by atoms with van der Waals surface area (Å²) in [5, 5.41) is 10.1. The number of esters is 1. The Kier molecular flexibility index (Phi) is 6.92. The predicted molar refractivity (Wildman–Crippen MR) is 91.4 cm³/mol. The van der Waals surface area contributed by atoms with Gasteiger partial charge < -0.3 is 4.74 Å². The van der Waals surface area contributed by atoms with Gasteiger partial charge >= 0.3 is 5.97 Å². The van der Waals surface area contributed by atoms with E-state index in [0.717, 1.165) is 12.1 Å². The molecule has 0 radical (unpaired) electrons. The first-order chi connectivity index (χ1) is 11.1. The molecule has 0 fully saturated rings. The average Bonchev–Trinajstić information content (AvgIpc) is 2.52. The highest BCUT2D eigenvalue weighted by atomic mass is 35.5. The number of ether oxygens (including phenoxy) is 1. The Morgan fingerprint density at radius 2 is 2.04 bits per heavy atom. The number of hydrogen-bond acceptors (Lipinski definition) is 6. The quantitative estimate of drug-likeness (QED) is 0.313. The van der Waals surface area contributed by atoms with Crippen LogP contribution in [0.4, 0.5) is 5.69 Å². The van der Waals surface area contributed by atoms with Crippen LogP contribution in [0.2, 0.25) is 5.02 Å². The molecule has 0 heterocycles. The molecule has 0 aromatic heterocycles. The molecule has 0 aliphatic rings. The fraction of sp³-hybridized carbons (Fsp3) is 0.400. The highest BCUT2D eigenvalue weighted by Crippen LogP contribution is 2.27. The zero-order chi connectivity index (χ0) is 18.5. The molecule has 1 aromatic carbocycles. The van der Waals surface area contributed by atoms with Gasteiger partial charge in [0.05, 0.1) is 16.8 Å². The van der Waals surface area contributed by atoms with Crippen LogP contribution < -0.4 is 0 Å². The van der Waals surface area contributed by atoms with Gasteiger partial charge in [-0.05, 0) is 38.0 Å². The molecule has 132 valence electrons. The Balaban J connectivity index is 3.50. The topological polar surface area (TPSA) is 104 Å². The SMILES string of the molecule is CCOC(=O)/C(=C\c1ccc(Cl)c([N+](=O)[O-])c1)S(=O)(=O)[C@H](C)CC. The summed E-state index contributed by atoms with van der Waals surface area (Å²) in [5.74, 6) is -0.990. The third kappa shape index (κ3) is 4.55. The van der Waals surface area contributed by atoms with Crippen LogP contribution in [-0.2, 0) is 19.4 Å². The third-order valence-corrected chi connectivity index (χ3v) is 5.96. The number of nitro groups is 1. The van der Waals surface area contributed by atoms with Gasteiger partial charge in [-0.1, -0.05) is 24.6 Å². The lowest BCUT2D eigenvalue weighted by molar-refractivity contribution is -0.384. The Labute approximate surface area is 145 Å². The largest absolute Gasteiger partial charge is 0.462 e. The van der Waals surface area contributed by atoms with Gasteiger partial charge in [-0.3, -0.25) is 10.1 Å². The van der Waals surface area contributed by atoms with Crippen molar-refractivity contribution in [3.05, 3.63) is 43.8 Å². The molecule has 0 unspecified atom stereocenters. The second kappa shape index (κ2) is 8.25. The van der Waals surface area contributed by atoms with Crippen LogP contribution in [0, 0.1) is 10.1 Å². The summed E-state index contributed by atoms with van der Waals surface area (Å²) in [6, 6.07) is 3.76. The molecular weight excluding hydrogens is 358 g/mol. The number of rotatable bonds is 7. The van der Waals surface area contributed by atoms with Gasteiger partial charge in [-0.2, -0.15) is 0 Å². The van der Waals surface area contributed by atoms with Gasteiger partial charge in [0.2, 0.25) is 0 Å². The lowest BCUT2D eigenvalue weighted by atomic mass is 10.2. The van der Waals surface area contributed by atoms with Crippen molar-refractivity contribution in [1.82, 2.24) is 0 Å². The Hall–Kier alpha value is -1.93. The molecule has 0 spiro atoms. The molecule has 7 nitrogen and oxygen atoms in total. The molecule has 0 saturated heterocycles. The molecule has 0 saturated carbocycles. The summed E-state index contributed by atoms with van der Waals surface area (Å²) in [5.41, 5.74) is -0.212. The number of nitrogens with zero attached hydrogens (tertiary/aromatic N) is 1. The van der Waals surface area contributed by atoms with E-state index >= 15 is 0 Å². The van der Waals surface area contributed by atoms with Crippen molar-refractivity contribution >= 4 is 39.2 Å². The lowest BCUT2D eigenvalue weighted by Crippen LogP contribution is -2.24. The number of hydrogen-bond donors (Lipinski definition) is 0. The molecule has 24 heavy (non-hydrogen) atoms. The highest BCUT2D eigenvalue weighted by molar-refractivity contribution is 7.96. The van der Waals surface area contributed by atoms with Gasteiger partial charge in [0.15, 0.2) is 14.7 Å². The van der Waals surface area contributed by atoms with Crippen molar-refractivity contribution in [2.24, 2.45) is 0 Å². The first-order valence-corrected chi connectivity index (χ1v) is 9.14. The number of nitro benzene ring substituents is 1. The summed E-state index contributed by atoms with van der Waals surface area (Å²) >= 11 is 5.73. The van der Waals surface area contributed by atoms with E-state index in [1.165, 1.54) is 19.1 Å². The minimum Gasteiger partial charge on any atom is -0.462 e. The first-order valence-electron chi connectivity index (χ1n) is 7.21. The average molecular weight is 376 g/mol. The highest BCUT2D eigenvalue weighted by Gasteiger charge is 2.31. The van der Waals surface area contributed by atoms with E-state index in [0.29, 0.717) is 6.42 Å². The van der Waals surface area contributed by atoms with Crippen molar-refractivity contribution in [1.29, 1.82) is 0 Å². The van der Waals surface area contributed by atoms with E-state index in [9.17, 15) is 23.3 Å². The fourth-order valence-electron chi connectivity index (χ4n) is 1.81. The number of carbonyl (C=O) groups is 1. The molecule has 0 aliphatic heterocycles. The molecule has 1 rings (SSSR count). The van der Waals surface area contributed by atoms with Gasteiger partial charge in [0.25, 0.3) is 5.69 Å². The molecule has 0 N–H and O–H groups in total. The molecule has 0 aliphatic carbocycles. The van der Waals surface area contributed by atoms with Crippen LogP contribution >= 0.6 is 11.6 Å². The number of carbonyl (C=O) groups excluding carboxylic acids is 1. The summed E-state index contributed by atoms with van der Waals surface area (Å²) in [6.45, 7) is 4.72. The smallest absolute Gasteiger partial charge is 0.349 e. The number of sulfone groups is 1.